The van der Waals surface area contributed by atoms with Crippen molar-refractivity contribution < 1.29 is 14.6 Å². The Hall–Kier alpha value is -1.40. The number of aromatic hydroxyl groups is 1. The van der Waals surface area contributed by atoms with Crippen LogP contribution in [0.15, 0.2) is 18.2 Å². The Morgan fingerprint density at radius 2 is 2.33 bits per heavy atom. The van der Waals surface area contributed by atoms with E-state index in [1.807, 2.05) is 6.26 Å². The maximum Gasteiger partial charge on any atom is 0.241 e. The van der Waals surface area contributed by atoms with Crippen LogP contribution in [-0.4, -0.2) is 36.2 Å². The monoisotopic (exact) mass is 270 g/mol. The van der Waals surface area contributed by atoms with Crippen molar-refractivity contribution in [2.75, 3.05) is 24.4 Å². The molecule has 0 spiro atoms. The van der Waals surface area contributed by atoms with Gasteiger partial charge in [0.2, 0.25) is 5.91 Å². The molecule has 0 saturated carbocycles. The SMILES string of the molecule is COc1ccc(NC(=O)[C@H](N)CCSC)c(O)c1. The standard InChI is InChI=1S/C12H18N2O3S/c1-17-8-3-4-10(11(15)7-8)14-12(16)9(13)5-6-18-2/h3-4,7,9,15H,5-6,13H2,1-2H3,(H,14,16)/t9-/m1/s1. The van der Waals surface area contributed by atoms with E-state index < -0.39 is 6.04 Å². The van der Waals surface area contributed by atoms with E-state index in [0.29, 0.717) is 17.9 Å². The number of anilines is 1. The number of thioether (sulfide) groups is 1. The Morgan fingerprint density at radius 3 is 2.89 bits per heavy atom. The minimum absolute atomic E-state index is 0.0419. The molecule has 0 radical (unpaired) electrons. The second-order valence-corrected chi connectivity index (χ2v) is 4.75. The third-order valence-electron chi connectivity index (χ3n) is 2.43. The van der Waals surface area contributed by atoms with Gasteiger partial charge in [0.15, 0.2) is 0 Å². The molecule has 1 aromatic rings. The molecule has 1 rings (SSSR count). The lowest BCUT2D eigenvalue weighted by Crippen LogP contribution is -2.36. The minimum atomic E-state index is -0.570. The second-order valence-electron chi connectivity index (χ2n) is 3.76. The summed E-state index contributed by atoms with van der Waals surface area (Å²) in [5.74, 6) is 1.00. The van der Waals surface area contributed by atoms with E-state index in [2.05, 4.69) is 5.32 Å². The summed E-state index contributed by atoms with van der Waals surface area (Å²) in [6.45, 7) is 0. The summed E-state index contributed by atoms with van der Waals surface area (Å²) in [5, 5.41) is 12.3. The fourth-order valence-electron chi connectivity index (χ4n) is 1.35. The van der Waals surface area contributed by atoms with Gasteiger partial charge in [-0.3, -0.25) is 4.79 Å². The van der Waals surface area contributed by atoms with E-state index in [4.69, 9.17) is 10.5 Å². The van der Waals surface area contributed by atoms with Crippen LogP contribution < -0.4 is 15.8 Å². The molecule has 0 aliphatic carbocycles. The van der Waals surface area contributed by atoms with Crippen molar-refractivity contribution in [1.29, 1.82) is 0 Å². The molecule has 1 aromatic carbocycles. The number of nitrogens with two attached hydrogens (primary N) is 1. The number of ether oxygens (including phenoxy) is 1. The highest BCUT2D eigenvalue weighted by Gasteiger charge is 2.14. The van der Waals surface area contributed by atoms with Crippen molar-refractivity contribution >= 4 is 23.4 Å². The number of hydrogen-bond donors (Lipinski definition) is 3. The van der Waals surface area contributed by atoms with Gasteiger partial charge < -0.3 is 20.9 Å². The van der Waals surface area contributed by atoms with Gasteiger partial charge in [-0.1, -0.05) is 0 Å². The molecular formula is C12H18N2O3S. The lowest BCUT2D eigenvalue weighted by molar-refractivity contribution is -0.117. The summed E-state index contributed by atoms with van der Waals surface area (Å²) >= 11 is 1.64. The molecule has 4 N–H and O–H groups in total. The van der Waals surface area contributed by atoms with Crippen LogP contribution >= 0.6 is 11.8 Å². The molecule has 0 bridgehead atoms. The molecule has 5 nitrogen and oxygen atoms in total. The predicted molar refractivity (Wildman–Crippen MR) is 74.3 cm³/mol. The van der Waals surface area contributed by atoms with E-state index in [1.165, 1.54) is 13.2 Å². The molecule has 100 valence electrons. The number of methoxy groups -OCH3 is 1. The van der Waals surface area contributed by atoms with Gasteiger partial charge in [0.1, 0.15) is 11.5 Å². The number of phenolic OH excluding ortho intramolecular Hbond substituents is 1. The summed E-state index contributed by atoms with van der Waals surface area (Å²) in [7, 11) is 1.51. The number of nitrogens with one attached hydrogen (secondary N) is 1. The first-order valence-electron chi connectivity index (χ1n) is 5.51. The average molecular weight is 270 g/mol. The van der Waals surface area contributed by atoms with Crippen LogP contribution in [0.5, 0.6) is 11.5 Å². The number of rotatable bonds is 6. The highest BCUT2D eigenvalue weighted by Crippen LogP contribution is 2.27. The average Bonchev–Trinajstić information content (AvgIpc) is 2.38. The minimum Gasteiger partial charge on any atom is -0.506 e. The summed E-state index contributed by atoms with van der Waals surface area (Å²) < 4.78 is 4.96. The first kappa shape index (κ1) is 14.7. The fourth-order valence-corrected chi connectivity index (χ4v) is 1.84. The number of phenols is 1. The quantitative estimate of drug-likeness (QED) is 0.681. The molecule has 0 heterocycles. The van der Waals surface area contributed by atoms with Crippen LogP contribution in [0.1, 0.15) is 6.42 Å². The van der Waals surface area contributed by atoms with Crippen molar-refractivity contribution in [1.82, 2.24) is 0 Å². The summed E-state index contributed by atoms with van der Waals surface area (Å²) in [6, 6.07) is 4.10. The first-order chi connectivity index (χ1) is 8.58. The van der Waals surface area contributed by atoms with Gasteiger partial charge in [-0.25, -0.2) is 0 Å². The van der Waals surface area contributed by atoms with E-state index in [9.17, 15) is 9.90 Å². The number of amides is 1. The Morgan fingerprint density at radius 1 is 1.61 bits per heavy atom. The lowest BCUT2D eigenvalue weighted by Gasteiger charge is -2.13. The highest BCUT2D eigenvalue weighted by atomic mass is 32.2. The van der Waals surface area contributed by atoms with Crippen LogP contribution in [-0.2, 0) is 4.79 Å². The molecule has 0 aromatic heterocycles. The Kier molecular flexibility index (Phi) is 5.80. The summed E-state index contributed by atoms with van der Waals surface area (Å²) in [6.07, 6.45) is 2.56. The van der Waals surface area contributed by atoms with Gasteiger partial charge in [-0.2, -0.15) is 11.8 Å². The zero-order valence-electron chi connectivity index (χ0n) is 10.5. The largest absolute Gasteiger partial charge is 0.506 e. The normalized spacial score (nSPS) is 11.9. The molecular weight excluding hydrogens is 252 g/mol. The molecule has 1 amide bonds. The van der Waals surface area contributed by atoms with Gasteiger partial charge in [-0.15, -0.1) is 0 Å². The zero-order valence-corrected chi connectivity index (χ0v) is 11.3. The zero-order chi connectivity index (χ0) is 13.5. The van der Waals surface area contributed by atoms with Crippen LogP contribution in [0.25, 0.3) is 0 Å². The summed E-state index contributed by atoms with van der Waals surface area (Å²) in [5.41, 5.74) is 6.06. The van der Waals surface area contributed by atoms with E-state index >= 15 is 0 Å². The molecule has 0 fully saturated rings. The Balaban J connectivity index is 2.64. The number of hydrogen-bond acceptors (Lipinski definition) is 5. The molecule has 0 aliphatic heterocycles. The third-order valence-corrected chi connectivity index (χ3v) is 3.08. The Labute approximate surface area is 111 Å². The molecule has 0 aliphatic rings. The third kappa shape index (κ3) is 4.12. The van der Waals surface area contributed by atoms with Crippen molar-refractivity contribution in [2.24, 2.45) is 5.73 Å². The van der Waals surface area contributed by atoms with Crippen LogP contribution in [0, 0.1) is 0 Å². The van der Waals surface area contributed by atoms with Gasteiger partial charge in [0.25, 0.3) is 0 Å². The molecule has 1 atom stereocenters. The van der Waals surface area contributed by atoms with Crippen molar-refractivity contribution in [3.05, 3.63) is 18.2 Å². The lowest BCUT2D eigenvalue weighted by atomic mass is 10.2. The van der Waals surface area contributed by atoms with Crippen molar-refractivity contribution in [2.45, 2.75) is 12.5 Å². The smallest absolute Gasteiger partial charge is 0.241 e. The van der Waals surface area contributed by atoms with Gasteiger partial charge in [-0.05, 0) is 30.6 Å². The second kappa shape index (κ2) is 7.13. The number of benzene rings is 1. The van der Waals surface area contributed by atoms with Gasteiger partial charge >= 0.3 is 0 Å². The van der Waals surface area contributed by atoms with E-state index in [-0.39, 0.29) is 11.7 Å². The molecule has 6 heteroatoms. The van der Waals surface area contributed by atoms with Gasteiger partial charge in [0, 0.05) is 6.07 Å². The molecule has 0 unspecified atom stereocenters. The van der Waals surface area contributed by atoms with Crippen LogP contribution in [0.4, 0.5) is 5.69 Å². The molecule has 18 heavy (non-hydrogen) atoms. The van der Waals surface area contributed by atoms with Crippen LogP contribution in [0.2, 0.25) is 0 Å². The van der Waals surface area contributed by atoms with Crippen molar-refractivity contribution in [3.8, 4) is 11.5 Å². The number of carbonyl (C=O) groups excluding carboxylic acids is 1. The van der Waals surface area contributed by atoms with Crippen molar-refractivity contribution in [3.63, 3.8) is 0 Å². The molecule has 0 saturated heterocycles. The van der Waals surface area contributed by atoms with Gasteiger partial charge in [0.05, 0.1) is 18.8 Å². The summed E-state index contributed by atoms with van der Waals surface area (Å²) in [4.78, 5) is 11.7. The fraction of sp³-hybridized carbons (Fsp3) is 0.417. The maximum absolute atomic E-state index is 11.7. The maximum atomic E-state index is 11.7. The van der Waals surface area contributed by atoms with Crippen LogP contribution in [0.3, 0.4) is 0 Å². The topological polar surface area (TPSA) is 84.6 Å². The number of carbonyl (C=O) groups is 1. The highest BCUT2D eigenvalue weighted by molar-refractivity contribution is 7.98. The van der Waals surface area contributed by atoms with E-state index in [0.717, 1.165) is 5.75 Å². The van der Waals surface area contributed by atoms with E-state index in [1.54, 1.807) is 23.9 Å². The Bertz CT molecular complexity index is 412. The predicted octanol–water partition coefficient (Wildman–Crippen LogP) is 1.42. The first-order valence-corrected chi connectivity index (χ1v) is 6.90.